The van der Waals surface area contributed by atoms with E-state index in [4.69, 9.17) is 0 Å². The van der Waals surface area contributed by atoms with Crippen LogP contribution in [-0.2, 0) is 25.7 Å². The molecule has 1 aliphatic carbocycles. The van der Waals surface area contributed by atoms with E-state index in [1.807, 2.05) is 12.1 Å². The molecule has 0 unspecified atom stereocenters. The number of rotatable bonds is 6. The van der Waals surface area contributed by atoms with Gasteiger partial charge in [0, 0.05) is 0 Å². The van der Waals surface area contributed by atoms with Gasteiger partial charge in [-0.15, -0.1) is 0 Å². The predicted molar refractivity (Wildman–Crippen MR) is 142 cm³/mol. The number of hydrogen-bond donors (Lipinski definition) is 1. The lowest BCUT2D eigenvalue weighted by Crippen LogP contribution is -2.16. The zero-order valence-corrected chi connectivity index (χ0v) is 20.6. The second-order valence-corrected chi connectivity index (χ2v) is 10.1. The highest BCUT2D eigenvalue weighted by Gasteiger charge is 2.24. The third kappa shape index (κ3) is 3.92. The van der Waals surface area contributed by atoms with Crippen LogP contribution < -0.4 is 0 Å². The van der Waals surface area contributed by atoms with Crippen LogP contribution in [0.25, 0.3) is 21.5 Å². The molecule has 0 saturated carbocycles. The Balaban J connectivity index is 1.67. The van der Waals surface area contributed by atoms with E-state index in [0.717, 1.165) is 18.2 Å². The lowest BCUT2D eigenvalue weighted by molar-refractivity contribution is 0.476. The Kier molecular flexibility index (Phi) is 5.91. The Hall–Kier alpha value is -2.80. The minimum absolute atomic E-state index is 0.333. The minimum Gasteiger partial charge on any atom is -0.508 e. The van der Waals surface area contributed by atoms with E-state index in [-0.39, 0.29) is 0 Å². The van der Waals surface area contributed by atoms with Crippen molar-refractivity contribution in [2.24, 2.45) is 0 Å². The standard InChI is InChI=1S/C32H36O/c1-5-7-9-29-20(3)21(4)30(10-8-6-2)32-19-27-16-24-14-25-17-28(33)12-11-22(25)13-23(24)15-26(27)18-31(29)32/h11-17,33H,5-10,18-19H2,1-4H3. The van der Waals surface area contributed by atoms with Crippen molar-refractivity contribution >= 4 is 21.5 Å². The van der Waals surface area contributed by atoms with Crippen LogP contribution in [0.1, 0.15) is 84.0 Å². The maximum Gasteiger partial charge on any atom is 0.116 e. The molecule has 4 aromatic carbocycles. The van der Waals surface area contributed by atoms with Crippen molar-refractivity contribution in [2.75, 3.05) is 0 Å². The van der Waals surface area contributed by atoms with E-state index in [1.165, 1.54) is 65.8 Å². The van der Waals surface area contributed by atoms with Crippen LogP contribution in [0.5, 0.6) is 5.75 Å². The van der Waals surface area contributed by atoms with Gasteiger partial charge in [0.15, 0.2) is 0 Å². The fourth-order valence-corrected chi connectivity index (χ4v) is 5.92. The van der Waals surface area contributed by atoms with E-state index in [1.54, 1.807) is 39.4 Å². The van der Waals surface area contributed by atoms with Crippen LogP contribution >= 0.6 is 0 Å². The molecule has 1 nitrogen and oxygen atoms in total. The largest absolute Gasteiger partial charge is 0.508 e. The molecule has 5 rings (SSSR count). The van der Waals surface area contributed by atoms with Crippen molar-refractivity contribution < 1.29 is 5.11 Å². The summed E-state index contributed by atoms with van der Waals surface area (Å²) < 4.78 is 0. The summed E-state index contributed by atoms with van der Waals surface area (Å²) in [5.74, 6) is 0.333. The van der Waals surface area contributed by atoms with Crippen LogP contribution in [-0.4, -0.2) is 5.11 Å². The van der Waals surface area contributed by atoms with Crippen LogP contribution in [0.15, 0.2) is 42.5 Å². The number of hydrogen-bond acceptors (Lipinski definition) is 1. The van der Waals surface area contributed by atoms with Crippen molar-refractivity contribution in [1.29, 1.82) is 0 Å². The van der Waals surface area contributed by atoms with Crippen molar-refractivity contribution in [2.45, 2.75) is 79.1 Å². The number of aromatic hydroxyl groups is 1. The molecule has 0 atom stereocenters. The molecule has 1 N–H and O–H groups in total. The van der Waals surface area contributed by atoms with Crippen LogP contribution in [0.3, 0.4) is 0 Å². The molecule has 0 spiro atoms. The van der Waals surface area contributed by atoms with Gasteiger partial charge in [0.25, 0.3) is 0 Å². The number of benzene rings is 4. The SMILES string of the molecule is CCCCc1c(C)c(C)c(CCCC)c2c1Cc1cc3cc4ccc(O)cc4cc3cc1C2. The van der Waals surface area contributed by atoms with Gasteiger partial charge in [0.1, 0.15) is 5.75 Å². The number of fused-ring (bicyclic) bond motifs is 4. The first-order chi connectivity index (χ1) is 16.0. The second kappa shape index (κ2) is 8.86. The van der Waals surface area contributed by atoms with Crippen LogP contribution in [0.4, 0.5) is 0 Å². The zero-order chi connectivity index (χ0) is 23.1. The number of phenolic OH excluding ortho intramolecular Hbond substituents is 1. The van der Waals surface area contributed by atoms with E-state index >= 15 is 0 Å². The summed E-state index contributed by atoms with van der Waals surface area (Å²) in [7, 11) is 0. The number of unbranched alkanes of at least 4 members (excludes halogenated alkanes) is 2. The fourth-order valence-electron chi connectivity index (χ4n) is 5.92. The third-order valence-electron chi connectivity index (χ3n) is 7.95. The Morgan fingerprint density at radius 3 is 1.64 bits per heavy atom. The van der Waals surface area contributed by atoms with Gasteiger partial charge in [-0.1, -0.05) is 44.9 Å². The summed E-state index contributed by atoms with van der Waals surface area (Å²) in [5.41, 5.74) is 12.6. The van der Waals surface area contributed by atoms with Gasteiger partial charge in [-0.05, 0) is 143 Å². The Morgan fingerprint density at radius 2 is 1.12 bits per heavy atom. The van der Waals surface area contributed by atoms with Crippen molar-refractivity contribution in [1.82, 2.24) is 0 Å². The first-order valence-electron chi connectivity index (χ1n) is 12.8. The van der Waals surface area contributed by atoms with Crippen molar-refractivity contribution in [3.8, 4) is 5.75 Å². The summed E-state index contributed by atoms with van der Waals surface area (Å²) in [5, 5.41) is 14.8. The van der Waals surface area contributed by atoms with Gasteiger partial charge < -0.3 is 5.11 Å². The molecule has 1 heteroatoms. The van der Waals surface area contributed by atoms with Crippen LogP contribution in [0.2, 0.25) is 0 Å². The van der Waals surface area contributed by atoms with Crippen LogP contribution in [0, 0.1) is 13.8 Å². The molecule has 0 aromatic heterocycles. The molecule has 4 aromatic rings. The summed E-state index contributed by atoms with van der Waals surface area (Å²) in [6.07, 6.45) is 9.54. The lowest BCUT2D eigenvalue weighted by atomic mass is 9.75. The Labute approximate surface area is 198 Å². The molecule has 0 saturated heterocycles. The van der Waals surface area contributed by atoms with Gasteiger partial charge >= 0.3 is 0 Å². The number of phenols is 1. The molecular formula is C32H36O. The van der Waals surface area contributed by atoms with E-state index in [2.05, 4.69) is 52.0 Å². The third-order valence-corrected chi connectivity index (χ3v) is 7.95. The molecule has 0 amide bonds. The highest BCUT2D eigenvalue weighted by Crippen LogP contribution is 2.39. The first kappa shape index (κ1) is 22.0. The van der Waals surface area contributed by atoms with Gasteiger partial charge in [-0.2, -0.15) is 0 Å². The molecule has 0 heterocycles. The van der Waals surface area contributed by atoms with Crippen molar-refractivity contribution in [3.63, 3.8) is 0 Å². The highest BCUT2D eigenvalue weighted by atomic mass is 16.3. The summed E-state index contributed by atoms with van der Waals surface area (Å²) >= 11 is 0. The fraction of sp³-hybridized carbons (Fsp3) is 0.375. The summed E-state index contributed by atoms with van der Waals surface area (Å²) in [4.78, 5) is 0. The maximum absolute atomic E-state index is 9.94. The van der Waals surface area contributed by atoms with E-state index in [0.29, 0.717) is 5.75 Å². The normalized spacial score (nSPS) is 12.8. The first-order valence-corrected chi connectivity index (χ1v) is 12.8. The molecule has 0 radical (unpaired) electrons. The average Bonchev–Trinajstić information content (AvgIpc) is 2.81. The van der Waals surface area contributed by atoms with Gasteiger partial charge in [-0.3, -0.25) is 0 Å². The Bertz CT molecular complexity index is 1360. The highest BCUT2D eigenvalue weighted by molar-refractivity contribution is 5.99. The molecule has 0 fully saturated rings. The molecule has 170 valence electrons. The second-order valence-electron chi connectivity index (χ2n) is 10.1. The average molecular weight is 437 g/mol. The van der Waals surface area contributed by atoms with E-state index in [9.17, 15) is 5.11 Å². The monoisotopic (exact) mass is 436 g/mol. The predicted octanol–water partition coefficient (Wildman–Crippen LogP) is 8.50. The topological polar surface area (TPSA) is 20.2 Å². The molecular weight excluding hydrogens is 400 g/mol. The van der Waals surface area contributed by atoms with Gasteiger partial charge in [0.2, 0.25) is 0 Å². The quantitative estimate of drug-likeness (QED) is 0.265. The van der Waals surface area contributed by atoms with Gasteiger partial charge in [-0.25, -0.2) is 0 Å². The molecule has 0 bridgehead atoms. The maximum atomic E-state index is 9.94. The smallest absolute Gasteiger partial charge is 0.116 e. The van der Waals surface area contributed by atoms with Gasteiger partial charge in [0.05, 0.1) is 0 Å². The Morgan fingerprint density at radius 1 is 0.636 bits per heavy atom. The molecule has 1 aliphatic rings. The molecule has 0 aliphatic heterocycles. The summed E-state index contributed by atoms with van der Waals surface area (Å²) in [6.45, 7) is 9.33. The minimum atomic E-state index is 0.333. The zero-order valence-electron chi connectivity index (χ0n) is 20.6. The van der Waals surface area contributed by atoms with E-state index < -0.39 is 0 Å². The van der Waals surface area contributed by atoms with Crippen molar-refractivity contribution in [3.05, 3.63) is 87.0 Å². The lowest BCUT2D eigenvalue weighted by Gasteiger charge is -2.29. The molecule has 33 heavy (non-hydrogen) atoms. The summed E-state index contributed by atoms with van der Waals surface area (Å²) in [6, 6.07) is 15.1.